The van der Waals surface area contributed by atoms with Crippen LogP contribution in [0.5, 0.6) is 0 Å². The predicted molar refractivity (Wildman–Crippen MR) is 83.5 cm³/mol. The van der Waals surface area contributed by atoms with Crippen LogP contribution in [-0.4, -0.2) is 42.3 Å². The molecule has 21 heavy (non-hydrogen) atoms. The number of likely N-dealkylation sites (tertiary alicyclic amines) is 1. The minimum atomic E-state index is -0.268. The molecule has 1 aromatic carbocycles. The molecule has 0 radical (unpaired) electrons. The van der Waals surface area contributed by atoms with Crippen molar-refractivity contribution in [1.29, 1.82) is 0 Å². The van der Waals surface area contributed by atoms with Gasteiger partial charge in [-0.05, 0) is 51.8 Å². The number of Topliss-reactive ketones (excluding diaryl/α,β-unsaturated/α-hetero) is 1. The lowest BCUT2D eigenvalue weighted by Crippen LogP contribution is -2.48. The summed E-state index contributed by atoms with van der Waals surface area (Å²) in [5.41, 5.74) is 2.85. The molecule has 1 heterocycles. The number of carbonyl (C=O) groups is 2. The van der Waals surface area contributed by atoms with E-state index in [2.05, 4.69) is 5.32 Å². The third kappa shape index (κ3) is 3.16. The molecule has 1 amide bonds. The van der Waals surface area contributed by atoms with Crippen LogP contribution in [-0.2, 0) is 4.79 Å². The SMILES string of the molecule is CNC(=O)C1CCCN1C(C)C(=O)c1cc(C)ccc1C. The van der Waals surface area contributed by atoms with Crippen LogP contribution >= 0.6 is 0 Å². The molecule has 1 aliphatic heterocycles. The zero-order valence-corrected chi connectivity index (χ0v) is 13.3. The Morgan fingerprint density at radius 2 is 2.05 bits per heavy atom. The molecule has 2 unspecified atom stereocenters. The molecule has 0 spiro atoms. The van der Waals surface area contributed by atoms with Crippen molar-refractivity contribution in [2.45, 2.75) is 45.7 Å². The fourth-order valence-corrected chi connectivity index (χ4v) is 3.08. The van der Waals surface area contributed by atoms with Gasteiger partial charge in [-0.1, -0.05) is 17.7 Å². The highest BCUT2D eigenvalue weighted by atomic mass is 16.2. The Balaban J connectivity index is 2.22. The molecule has 0 bridgehead atoms. The van der Waals surface area contributed by atoms with Crippen LogP contribution in [0.15, 0.2) is 18.2 Å². The topological polar surface area (TPSA) is 49.4 Å². The number of benzene rings is 1. The first kappa shape index (κ1) is 15.7. The fraction of sp³-hybridized carbons (Fsp3) is 0.529. The number of rotatable bonds is 4. The van der Waals surface area contributed by atoms with Gasteiger partial charge in [0.2, 0.25) is 5.91 Å². The summed E-state index contributed by atoms with van der Waals surface area (Å²) in [7, 11) is 1.65. The first-order valence-corrected chi connectivity index (χ1v) is 7.54. The van der Waals surface area contributed by atoms with Crippen molar-refractivity contribution in [3.8, 4) is 0 Å². The Morgan fingerprint density at radius 1 is 1.33 bits per heavy atom. The summed E-state index contributed by atoms with van der Waals surface area (Å²) < 4.78 is 0. The number of aryl methyl sites for hydroxylation is 2. The molecule has 1 aromatic rings. The van der Waals surface area contributed by atoms with E-state index in [9.17, 15) is 9.59 Å². The van der Waals surface area contributed by atoms with Gasteiger partial charge in [0.15, 0.2) is 5.78 Å². The van der Waals surface area contributed by atoms with Gasteiger partial charge < -0.3 is 5.32 Å². The molecule has 0 aromatic heterocycles. The van der Waals surface area contributed by atoms with E-state index in [4.69, 9.17) is 0 Å². The normalized spacial score (nSPS) is 20.3. The lowest BCUT2D eigenvalue weighted by molar-refractivity contribution is -0.125. The van der Waals surface area contributed by atoms with Crippen LogP contribution < -0.4 is 5.32 Å². The fourth-order valence-electron chi connectivity index (χ4n) is 3.08. The third-order valence-corrected chi connectivity index (χ3v) is 4.38. The van der Waals surface area contributed by atoms with Crippen molar-refractivity contribution < 1.29 is 9.59 Å². The zero-order valence-electron chi connectivity index (χ0n) is 13.3. The predicted octanol–water partition coefficient (Wildman–Crippen LogP) is 2.09. The summed E-state index contributed by atoms with van der Waals surface area (Å²) in [6.45, 7) is 6.66. The highest BCUT2D eigenvalue weighted by Gasteiger charge is 2.36. The highest BCUT2D eigenvalue weighted by molar-refractivity contribution is 6.01. The standard InChI is InChI=1S/C17H24N2O2/c1-11-7-8-12(2)14(10-11)16(20)13(3)19-9-5-6-15(19)17(21)18-4/h7-8,10,13,15H,5-6,9H2,1-4H3,(H,18,21). The van der Waals surface area contributed by atoms with E-state index in [0.29, 0.717) is 0 Å². The van der Waals surface area contributed by atoms with Gasteiger partial charge in [-0.15, -0.1) is 0 Å². The average molecular weight is 288 g/mol. The van der Waals surface area contributed by atoms with Crippen LogP contribution in [0, 0.1) is 13.8 Å². The number of hydrogen-bond acceptors (Lipinski definition) is 3. The number of nitrogens with zero attached hydrogens (tertiary/aromatic N) is 1. The van der Waals surface area contributed by atoms with Crippen molar-refractivity contribution in [2.75, 3.05) is 13.6 Å². The maximum atomic E-state index is 12.8. The molecule has 4 heteroatoms. The molecule has 4 nitrogen and oxygen atoms in total. The molecule has 2 atom stereocenters. The molecule has 1 aliphatic rings. The summed E-state index contributed by atoms with van der Waals surface area (Å²) in [5.74, 6) is 0.111. The molecular formula is C17H24N2O2. The van der Waals surface area contributed by atoms with E-state index in [1.54, 1.807) is 7.05 Å². The van der Waals surface area contributed by atoms with Gasteiger partial charge in [0.1, 0.15) is 0 Å². The lowest BCUT2D eigenvalue weighted by atomic mass is 9.97. The van der Waals surface area contributed by atoms with Crippen LogP contribution in [0.3, 0.4) is 0 Å². The molecule has 0 saturated carbocycles. The van der Waals surface area contributed by atoms with Gasteiger partial charge in [-0.2, -0.15) is 0 Å². The second kappa shape index (κ2) is 6.39. The summed E-state index contributed by atoms with van der Waals surface area (Å²) in [6, 6.07) is 5.49. The van der Waals surface area contributed by atoms with Crippen LogP contribution in [0.2, 0.25) is 0 Å². The maximum absolute atomic E-state index is 12.8. The second-order valence-corrected chi connectivity index (χ2v) is 5.87. The van der Waals surface area contributed by atoms with Gasteiger partial charge in [0.25, 0.3) is 0 Å². The van der Waals surface area contributed by atoms with Gasteiger partial charge in [-0.25, -0.2) is 0 Å². The lowest BCUT2D eigenvalue weighted by Gasteiger charge is -2.29. The first-order chi connectivity index (χ1) is 9.95. The van der Waals surface area contributed by atoms with E-state index in [-0.39, 0.29) is 23.8 Å². The van der Waals surface area contributed by atoms with E-state index < -0.39 is 0 Å². The minimum absolute atomic E-state index is 0.00751. The Kier molecular flexibility index (Phi) is 4.78. The first-order valence-electron chi connectivity index (χ1n) is 7.54. The minimum Gasteiger partial charge on any atom is -0.358 e. The van der Waals surface area contributed by atoms with Gasteiger partial charge >= 0.3 is 0 Å². The largest absolute Gasteiger partial charge is 0.358 e. The highest BCUT2D eigenvalue weighted by Crippen LogP contribution is 2.23. The Bertz CT molecular complexity index is 554. The van der Waals surface area contributed by atoms with Crippen molar-refractivity contribution >= 4 is 11.7 Å². The molecule has 1 N–H and O–H groups in total. The van der Waals surface area contributed by atoms with Gasteiger partial charge in [0, 0.05) is 12.6 Å². The van der Waals surface area contributed by atoms with Crippen LogP contribution in [0.25, 0.3) is 0 Å². The molecule has 114 valence electrons. The Labute approximate surface area is 126 Å². The van der Waals surface area contributed by atoms with E-state index in [1.165, 1.54) is 0 Å². The van der Waals surface area contributed by atoms with E-state index >= 15 is 0 Å². The molecule has 1 saturated heterocycles. The summed E-state index contributed by atoms with van der Waals surface area (Å²) >= 11 is 0. The monoisotopic (exact) mass is 288 g/mol. The van der Waals surface area contributed by atoms with Crippen molar-refractivity contribution in [3.05, 3.63) is 34.9 Å². The van der Waals surface area contributed by atoms with E-state index in [1.807, 2.05) is 43.9 Å². The van der Waals surface area contributed by atoms with Crippen LogP contribution in [0.1, 0.15) is 41.3 Å². The zero-order chi connectivity index (χ0) is 15.6. The summed E-state index contributed by atoms with van der Waals surface area (Å²) in [4.78, 5) is 26.8. The molecular weight excluding hydrogens is 264 g/mol. The van der Waals surface area contributed by atoms with Crippen molar-refractivity contribution in [1.82, 2.24) is 10.2 Å². The number of ketones is 1. The maximum Gasteiger partial charge on any atom is 0.237 e. The van der Waals surface area contributed by atoms with Crippen LogP contribution in [0.4, 0.5) is 0 Å². The number of amides is 1. The molecule has 1 fully saturated rings. The Morgan fingerprint density at radius 3 is 2.71 bits per heavy atom. The Hall–Kier alpha value is -1.68. The molecule has 2 rings (SSSR count). The molecule has 0 aliphatic carbocycles. The quantitative estimate of drug-likeness (QED) is 0.863. The second-order valence-electron chi connectivity index (χ2n) is 5.87. The summed E-state index contributed by atoms with van der Waals surface area (Å²) in [6.07, 6.45) is 1.78. The number of likely N-dealkylation sites (N-methyl/N-ethyl adjacent to an activating group) is 1. The van der Waals surface area contributed by atoms with E-state index in [0.717, 1.165) is 36.1 Å². The smallest absolute Gasteiger partial charge is 0.237 e. The summed E-state index contributed by atoms with van der Waals surface area (Å²) in [5, 5.41) is 2.70. The number of hydrogen-bond donors (Lipinski definition) is 1. The number of carbonyl (C=O) groups excluding carboxylic acids is 2. The van der Waals surface area contributed by atoms with Gasteiger partial charge in [-0.3, -0.25) is 14.5 Å². The van der Waals surface area contributed by atoms with Crippen molar-refractivity contribution in [3.63, 3.8) is 0 Å². The number of nitrogens with one attached hydrogen (secondary N) is 1. The average Bonchev–Trinajstić information content (AvgIpc) is 2.96. The third-order valence-electron chi connectivity index (χ3n) is 4.38. The van der Waals surface area contributed by atoms with Crippen molar-refractivity contribution in [2.24, 2.45) is 0 Å². The van der Waals surface area contributed by atoms with Gasteiger partial charge in [0.05, 0.1) is 12.1 Å².